The highest BCUT2D eigenvalue weighted by atomic mass is 32.2. The number of hydrogen-bond acceptors (Lipinski definition) is 8. The second-order valence-electron chi connectivity index (χ2n) is 11.5. The van der Waals surface area contributed by atoms with Gasteiger partial charge in [0.25, 0.3) is 0 Å². The molecule has 0 radical (unpaired) electrons. The minimum Gasteiger partial charge on any atom is -0.460 e. The lowest BCUT2D eigenvalue weighted by molar-refractivity contribution is -0.274. The predicted molar refractivity (Wildman–Crippen MR) is 145 cm³/mol. The molecule has 40 heavy (non-hydrogen) atoms. The van der Waals surface area contributed by atoms with E-state index in [9.17, 15) is 31.2 Å². The van der Waals surface area contributed by atoms with Crippen molar-refractivity contribution in [1.29, 1.82) is 0 Å². The highest BCUT2D eigenvalue weighted by Gasteiger charge is 2.51. The number of hydrogen-bond donors (Lipinski definition) is 0. The van der Waals surface area contributed by atoms with Gasteiger partial charge in [0.15, 0.2) is 9.84 Å². The Hall–Kier alpha value is -2.80. The summed E-state index contributed by atoms with van der Waals surface area (Å²) in [6.45, 7) is 10.1. The standard InChI is InChI=1S/C27H34F3NO7S2/c1-24(2,3)37-22(32)17-26(13-14-31(15-16-40(26,34)35)23(33)38-25(4,5)6)21-12-11-20(39-21)18-7-9-19(10-8-18)36-27(28,29)30/h7-12H,13-17H2,1-6H3/t26-/m0/s1. The van der Waals surface area contributed by atoms with E-state index in [1.165, 1.54) is 29.2 Å². The van der Waals surface area contributed by atoms with E-state index in [0.717, 1.165) is 11.3 Å². The van der Waals surface area contributed by atoms with Crippen LogP contribution in [-0.2, 0) is 28.9 Å². The summed E-state index contributed by atoms with van der Waals surface area (Å²) in [4.78, 5) is 28.1. The monoisotopic (exact) mass is 605 g/mol. The van der Waals surface area contributed by atoms with Gasteiger partial charge in [0.2, 0.25) is 0 Å². The summed E-state index contributed by atoms with van der Waals surface area (Å²) in [7, 11) is -4.02. The third-order valence-corrected chi connectivity index (χ3v) is 9.89. The Balaban J connectivity index is 2.00. The second kappa shape index (κ2) is 11.2. The van der Waals surface area contributed by atoms with Crippen molar-refractivity contribution in [3.63, 3.8) is 0 Å². The summed E-state index contributed by atoms with van der Waals surface area (Å²) >= 11 is 1.12. The van der Waals surface area contributed by atoms with Crippen molar-refractivity contribution >= 4 is 33.2 Å². The SMILES string of the molecule is CC(C)(C)OC(=O)C[C@]1(c2ccc(-c3ccc(OC(F)(F)F)cc3)s2)CCN(C(=O)OC(C)(C)C)CCS1(=O)=O. The molecule has 8 nitrogen and oxygen atoms in total. The van der Waals surface area contributed by atoms with Gasteiger partial charge >= 0.3 is 18.4 Å². The van der Waals surface area contributed by atoms with E-state index in [2.05, 4.69) is 4.74 Å². The molecular weight excluding hydrogens is 571 g/mol. The molecule has 3 rings (SSSR count). The van der Waals surface area contributed by atoms with Crippen molar-refractivity contribution in [1.82, 2.24) is 4.90 Å². The molecule has 0 bridgehead atoms. The van der Waals surface area contributed by atoms with Crippen LogP contribution in [0.3, 0.4) is 0 Å². The first-order valence-corrected chi connectivity index (χ1v) is 15.1. The number of ether oxygens (including phenoxy) is 3. The number of esters is 1. The van der Waals surface area contributed by atoms with Crippen LogP contribution in [0.2, 0.25) is 0 Å². The van der Waals surface area contributed by atoms with Gasteiger partial charge in [0.05, 0.1) is 12.2 Å². The van der Waals surface area contributed by atoms with E-state index in [1.807, 2.05) is 0 Å². The molecule has 1 aromatic carbocycles. The van der Waals surface area contributed by atoms with Gasteiger partial charge in [-0.3, -0.25) is 4.79 Å². The van der Waals surface area contributed by atoms with Crippen LogP contribution in [0.5, 0.6) is 5.75 Å². The summed E-state index contributed by atoms with van der Waals surface area (Å²) in [6, 6.07) is 8.46. The Labute approximate surface area is 236 Å². The average Bonchev–Trinajstić information content (AvgIpc) is 3.20. The van der Waals surface area contributed by atoms with E-state index >= 15 is 0 Å². The molecule has 1 aliphatic rings. The normalized spacial score (nSPS) is 20.0. The van der Waals surface area contributed by atoms with E-state index in [1.54, 1.807) is 53.7 Å². The molecule has 0 N–H and O–H groups in total. The lowest BCUT2D eigenvalue weighted by Gasteiger charge is -2.32. The third kappa shape index (κ3) is 8.12. The number of carbonyl (C=O) groups is 2. The second-order valence-corrected chi connectivity index (χ2v) is 15.0. The fourth-order valence-electron chi connectivity index (χ4n) is 4.25. The Morgan fingerprint density at radius 3 is 2.08 bits per heavy atom. The van der Waals surface area contributed by atoms with E-state index in [0.29, 0.717) is 15.3 Å². The predicted octanol–water partition coefficient (Wildman–Crippen LogP) is 6.30. The number of halogens is 3. The van der Waals surface area contributed by atoms with Crippen molar-refractivity contribution < 1.29 is 45.4 Å². The number of thiophene rings is 1. The molecule has 0 aliphatic carbocycles. The first-order chi connectivity index (χ1) is 18.2. The molecule has 13 heteroatoms. The molecule has 222 valence electrons. The minimum atomic E-state index is -4.83. The molecule has 2 aromatic rings. The fourth-order valence-corrected chi connectivity index (χ4v) is 7.84. The van der Waals surface area contributed by atoms with E-state index < -0.39 is 56.4 Å². The van der Waals surface area contributed by atoms with Crippen LogP contribution in [0.15, 0.2) is 36.4 Å². The number of amides is 1. The van der Waals surface area contributed by atoms with E-state index in [4.69, 9.17) is 9.47 Å². The number of alkyl halides is 3. The highest BCUT2D eigenvalue weighted by molar-refractivity contribution is 7.92. The smallest absolute Gasteiger partial charge is 0.460 e. The molecule has 0 unspecified atom stereocenters. The lowest BCUT2D eigenvalue weighted by Crippen LogP contribution is -2.40. The molecular formula is C27H34F3NO7S2. The van der Waals surface area contributed by atoms with Gasteiger partial charge in [0, 0.05) is 22.8 Å². The summed E-state index contributed by atoms with van der Waals surface area (Å²) in [5.74, 6) is -1.49. The van der Waals surface area contributed by atoms with Crippen molar-refractivity contribution in [2.45, 2.75) is 76.7 Å². The summed E-state index contributed by atoms with van der Waals surface area (Å²) < 4.78 is 78.6. The Morgan fingerprint density at radius 1 is 0.925 bits per heavy atom. The number of nitrogens with zero attached hydrogens (tertiary/aromatic N) is 1. The first-order valence-electron chi connectivity index (χ1n) is 12.6. The van der Waals surface area contributed by atoms with Crippen molar-refractivity contribution in [2.75, 3.05) is 18.8 Å². The van der Waals surface area contributed by atoms with Gasteiger partial charge in [-0.05, 0) is 89.9 Å². The van der Waals surface area contributed by atoms with Crippen LogP contribution >= 0.6 is 11.3 Å². The summed E-state index contributed by atoms with van der Waals surface area (Å²) in [5.41, 5.74) is -1.09. The number of benzene rings is 1. The van der Waals surface area contributed by atoms with Crippen LogP contribution in [0.1, 0.15) is 59.3 Å². The average molecular weight is 606 g/mol. The Morgan fingerprint density at radius 2 is 1.52 bits per heavy atom. The maximum atomic E-state index is 13.9. The van der Waals surface area contributed by atoms with Gasteiger partial charge in [-0.2, -0.15) is 0 Å². The van der Waals surface area contributed by atoms with Crippen LogP contribution in [-0.4, -0.2) is 61.8 Å². The summed E-state index contributed by atoms with van der Waals surface area (Å²) in [6.07, 6.45) is -6.02. The van der Waals surface area contributed by atoms with Crippen LogP contribution in [0.4, 0.5) is 18.0 Å². The zero-order valence-corrected chi connectivity index (χ0v) is 24.9. The number of rotatable bonds is 5. The van der Waals surface area contributed by atoms with Gasteiger partial charge in [-0.15, -0.1) is 24.5 Å². The lowest BCUT2D eigenvalue weighted by atomic mass is 9.97. The molecule has 0 saturated carbocycles. The van der Waals surface area contributed by atoms with Crippen molar-refractivity contribution in [3.8, 4) is 16.2 Å². The first kappa shape index (κ1) is 31.7. The number of carbonyl (C=O) groups excluding carboxylic acids is 2. The molecule has 1 amide bonds. The molecule has 1 atom stereocenters. The molecule has 2 heterocycles. The minimum absolute atomic E-state index is 0.0215. The van der Waals surface area contributed by atoms with E-state index in [-0.39, 0.29) is 25.3 Å². The van der Waals surface area contributed by atoms with Gasteiger partial charge in [-0.25, -0.2) is 13.2 Å². The van der Waals surface area contributed by atoms with Gasteiger partial charge in [0.1, 0.15) is 21.7 Å². The zero-order valence-electron chi connectivity index (χ0n) is 23.3. The highest BCUT2D eigenvalue weighted by Crippen LogP contribution is 2.46. The number of sulfone groups is 1. The maximum absolute atomic E-state index is 13.9. The molecule has 1 saturated heterocycles. The molecule has 1 aliphatic heterocycles. The van der Waals surface area contributed by atoms with Crippen molar-refractivity contribution in [2.24, 2.45) is 0 Å². The van der Waals surface area contributed by atoms with Gasteiger partial charge < -0.3 is 19.1 Å². The van der Waals surface area contributed by atoms with Crippen LogP contribution < -0.4 is 4.74 Å². The van der Waals surface area contributed by atoms with Crippen molar-refractivity contribution in [3.05, 3.63) is 41.3 Å². The molecule has 0 spiro atoms. The summed E-state index contributed by atoms with van der Waals surface area (Å²) in [5, 5.41) is 0. The van der Waals surface area contributed by atoms with Crippen LogP contribution in [0, 0.1) is 0 Å². The quantitative estimate of drug-likeness (QED) is 0.369. The maximum Gasteiger partial charge on any atom is 0.573 e. The Kier molecular flexibility index (Phi) is 8.91. The molecule has 1 aromatic heterocycles. The topological polar surface area (TPSA) is 99.2 Å². The zero-order chi connectivity index (χ0) is 30.1. The van der Waals surface area contributed by atoms with Crippen LogP contribution in [0.25, 0.3) is 10.4 Å². The van der Waals surface area contributed by atoms with Gasteiger partial charge in [-0.1, -0.05) is 0 Å². The largest absolute Gasteiger partial charge is 0.573 e. The molecule has 1 fully saturated rings. The fraction of sp³-hybridized carbons (Fsp3) is 0.556. The Bertz CT molecular complexity index is 1320. The third-order valence-electron chi connectivity index (χ3n) is 5.94.